The number of carbonyl (C=O) groups is 2. The van der Waals surface area contributed by atoms with E-state index in [4.69, 9.17) is 16.3 Å². The van der Waals surface area contributed by atoms with Crippen molar-refractivity contribution in [1.29, 1.82) is 0 Å². The number of nitrogens with zero attached hydrogens (tertiary/aromatic N) is 1. The first-order valence-corrected chi connectivity index (χ1v) is 11.9. The van der Waals surface area contributed by atoms with Gasteiger partial charge in [-0.1, -0.05) is 49.6 Å². The number of rotatable bonds is 9. The summed E-state index contributed by atoms with van der Waals surface area (Å²) in [6.45, 7) is 2.67. The molecule has 0 aromatic heterocycles. The van der Waals surface area contributed by atoms with Gasteiger partial charge in [-0.3, -0.25) is 4.79 Å². The normalized spacial score (nSPS) is 15.3. The molecule has 3 rings (SSSR count). The standard InChI is InChI=1S/C26H32ClNO3/c1-2-31-26(30)22-14-16-23(17-15-22)28(19-9-18-27)25(29)24(20-10-5-3-6-11-20)21-12-7-4-8-13-21/h3,5-6,10-11,14-17,21,24H,2,4,7-9,12-13,18-19H2,1H3. The maximum atomic E-state index is 14.0. The first-order valence-electron chi connectivity index (χ1n) is 11.3. The van der Waals surface area contributed by atoms with Gasteiger partial charge in [0.25, 0.3) is 0 Å². The van der Waals surface area contributed by atoms with Crippen LogP contribution in [0.15, 0.2) is 54.6 Å². The summed E-state index contributed by atoms with van der Waals surface area (Å²) in [5, 5.41) is 0. The number of ether oxygens (including phenoxy) is 1. The van der Waals surface area contributed by atoms with Gasteiger partial charge in [0.15, 0.2) is 0 Å². The summed E-state index contributed by atoms with van der Waals surface area (Å²) >= 11 is 5.99. The molecule has 1 aliphatic rings. The molecular weight excluding hydrogens is 410 g/mol. The molecule has 2 aromatic carbocycles. The third-order valence-corrected chi connectivity index (χ3v) is 6.28. The highest BCUT2D eigenvalue weighted by Crippen LogP contribution is 2.38. The zero-order valence-electron chi connectivity index (χ0n) is 18.3. The second kappa shape index (κ2) is 11.9. The van der Waals surface area contributed by atoms with Crippen molar-refractivity contribution >= 4 is 29.2 Å². The number of carbonyl (C=O) groups excluding carboxylic acids is 2. The van der Waals surface area contributed by atoms with Gasteiger partial charge in [-0.25, -0.2) is 4.79 Å². The number of hydrogen-bond acceptors (Lipinski definition) is 3. The molecule has 2 aromatic rings. The van der Waals surface area contributed by atoms with Crippen LogP contribution < -0.4 is 4.90 Å². The van der Waals surface area contributed by atoms with Crippen molar-refractivity contribution in [2.45, 2.75) is 51.4 Å². The Balaban J connectivity index is 1.91. The van der Waals surface area contributed by atoms with E-state index in [0.29, 0.717) is 36.9 Å². The number of esters is 1. The van der Waals surface area contributed by atoms with Gasteiger partial charge in [0.05, 0.1) is 18.1 Å². The van der Waals surface area contributed by atoms with Crippen LogP contribution in [0.2, 0.25) is 0 Å². The van der Waals surface area contributed by atoms with Crippen LogP contribution in [0, 0.1) is 5.92 Å². The fourth-order valence-electron chi connectivity index (χ4n) is 4.49. The molecule has 0 saturated heterocycles. The lowest BCUT2D eigenvalue weighted by Gasteiger charge is -2.34. The monoisotopic (exact) mass is 441 g/mol. The molecule has 0 heterocycles. The molecule has 1 saturated carbocycles. The Hall–Kier alpha value is -2.33. The number of hydrogen-bond donors (Lipinski definition) is 0. The predicted octanol–water partition coefficient (Wildman–Crippen LogP) is 6.19. The second-order valence-electron chi connectivity index (χ2n) is 8.09. The Bertz CT molecular complexity index is 831. The third-order valence-electron chi connectivity index (χ3n) is 6.02. The Labute approximate surface area is 190 Å². The minimum Gasteiger partial charge on any atom is -0.462 e. The smallest absolute Gasteiger partial charge is 0.338 e. The lowest BCUT2D eigenvalue weighted by molar-refractivity contribution is -0.121. The molecule has 1 fully saturated rings. The van der Waals surface area contributed by atoms with E-state index in [9.17, 15) is 9.59 Å². The molecule has 5 heteroatoms. The Kier molecular flexibility index (Phi) is 8.96. The average molecular weight is 442 g/mol. The van der Waals surface area contributed by atoms with Gasteiger partial charge < -0.3 is 9.64 Å². The molecule has 166 valence electrons. The Morgan fingerprint density at radius 3 is 2.32 bits per heavy atom. The molecule has 0 N–H and O–H groups in total. The Morgan fingerprint density at radius 2 is 1.71 bits per heavy atom. The summed E-state index contributed by atoms with van der Waals surface area (Å²) < 4.78 is 5.08. The first-order chi connectivity index (χ1) is 15.2. The lowest BCUT2D eigenvalue weighted by Crippen LogP contribution is -2.39. The predicted molar refractivity (Wildman–Crippen MR) is 126 cm³/mol. The van der Waals surface area contributed by atoms with Crippen molar-refractivity contribution in [2.24, 2.45) is 5.92 Å². The highest BCUT2D eigenvalue weighted by Gasteiger charge is 2.34. The fraction of sp³-hybridized carbons (Fsp3) is 0.462. The molecule has 1 aliphatic carbocycles. The Morgan fingerprint density at radius 1 is 1.03 bits per heavy atom. The van der Waals surface area contributed by atoms with E-state index < -0.39 is 0 Å². The average Bonchev–Trinajstić information content (AvgIpc) is 2.81. The summed E-state index contributed by atoms with van der Waals surface area (Å²) in [6, 6.07) is 17.3. The topological polar surface area (TPSA) is 46.6 Å². The summed E-state index contributed by atoms with van der Waals surface area (Å²) in [4.78, 5) is 27.8. The maximum absolute atomic E-state index is 14.0. The number of anilines is 1. The number of amides is 1. The summed E-state index contributed by atoms with van der Waals surface area (Å²) in [6.07, 6.45) is 6.47. The number of benzene rings is 2. The number of alkyl halides is 1. The van der Waals surface area contributed by atoms with Crippen LogP contribution >= 0.6 is 11.6 Å². The van der Waals surface area contributed by atoms with Gasteiger partial charge >= 0.3 is 5.97 Å². The van der Waals surface area contributed by atoms with Crippen molar-refractivity contribution < 1.29 is 14.3 Å². The molecule has 0 spiro atoms. The second-order valence-corrected chi connectivity index (χ2v) is 8.46. The minimum absolute atomic E-state index is 0.118. The SMILES string of the molecule is CCOC(=O)c1ccc(N(CCCCl)C(=O)C(c2ccccc2)C2CCCCC2)cc1. The molecule has 0 radical (unpaired) electrons. The van der Waals surface area contributed by atoms with Crippen molar-refractivity contribution in [1.82, 2.24) is 0 Å². The summed E-state index contributed by atoms with van der Waals surface area (Å²) in [7, 11) is 0. The van der Waals surface area contributed by atoms with Crippen molar-refractivity contribution in [2.75, 3.05) is 23.9 Å². The summed E-state index contributed by atoms with van der Waals surface area (Å²) in [5.74, 6) is 0.441. The molecule has 1 atom stereocenters. The molecule has 4 nitrogen and oxygen atoms in total. The fourth-order valence-corrected chi connectivity index (χ4v) is 4.61. The molecule has 0 aliphatic heterocycles. The van der Waals surface area contributed by atoms with E-state index in [2.05, 4.69) is 12.1 Å². The molecule has 1 unspecified atom stereocenters. The van der Waals surface area contributed by atoms with Crippen LogP contribution in [-0.2, 0) is 9.53 Å². The lowest BCUT2D eigenvalue weighted by atomic mass is 9.76. The number of halogens is 1. The van der Waals surface area contributed by atoms with Crippen LogP contribution in [0.4, 0.5) is 5.69 Å². The molecule has 31 heavy (non-hydrogen) atoms. The van der Waals surface area contributed by atoms with E-state index in [-0.39, 0.29) is 17.8 Å². The zero-order valence-corrected chi connectivity index (χ0v) is 19.0. The van der Waals surface area contributed by atoms with Crippen molar-refractivity contribution in [3.8, 4) is 0 Å². The van der Waals surface area contributed by atoms with Crippen LogP contribution in [0.25, 0.3) is 0 Å². The maximum Gasteiger partial charge on any atom is 0.338 e. The third kappa shape index (κ3) is 6.10. The highest BCUT2D eigenvalue weighted by atomic mass is 35.5. The highest BCUT2D eigenvalue weighted by molar-refractivity contribution is 6.17. The van der Waals surface area contributed by atoms with Gasteiger partial charge in [-0.15, -0.1) is 11.6 Å². The van der Waals surface area contributed by atoms with Crippen LogP contribution in [-0.4, -0.2) is 30.9 Å². The van der Waals surface area contributed by atoms with Crippen LogP contribution in [0.3, 0.4) is 0 Å². The largest absolute Gasteiger partial charge is 0.462 e. The van der Waals surface area contributed by atoms with Gasteiger partial charge in [0.2, 0.25) is 5.91 Å². The first kappa shape index (κ1) is 23.3. The van der Waals surface area contributed by atoms with Crippen molar-refractivity contribution in [3.63, 3.8) is 0 Å². The van der Waals surface area contributed by atoms with E-state index in [1.807, 2.05) is 35.2 Å². The van der Waals surface area contributed by atoms with Gasteiger partial charge in [0, 0.05) is 18.1 Å². The van der Waals surface area contributed by atoms with Gasteiger partial charge in [0.1, 0.15) is 0 Å². The van der Waals surface area contributed by atoms with E-state index >= 15 is 0 Å². The van der Waals surface area contributed by atoms with Crippen LogP contribution in [0.5, 0.6) is 0 Å². The van der Waals surface area contributed by atoms with Gasteiger partial charge in [-0.2, -0.15) is 0 Å². The quantitative estimate of drug-likeness (QED) is 0.344. The van der Waals surface area contributed by atoms with Crippen LogP contribution in [0.1, 0.15) is 67.3 Å². The molecular formula is C26H32ClNO3. The molecule has 0 bridgehead atoms. The van der Waals surface area contributed by atoms with Gasteiger partial charge in [-0.05, 0) is 61.9 Å². The molecule has 1 amide bonds. The minimum atomic E-state index is -0.350. The summed E-state index contributed by atoms with van der Waals surface area (Å²) in [5.41, 5.74) is 2.36. The van der Waals surface area contributed by atoms with E-state index in [1.54, 1.807) is 19.1 Å². The van der Waals surface area contributed by atoms with E-state index in [0.717, 1.165) is 24.1 Å². The van der Waals surface area contributed by atoms with Crippen molar-refractivity contribution in [3.05, 3.63) is 65.7 Å². The van der Waals surface area contributed by atoms with E-state index in [1.165, 1.54) is 19.3 Å². The zero-order chi connectivity index (χ0) is 22.1.